The molecule has 0 saturated carbocycles. The summed E-state index contributed by atoms with van der Waals surface area (Å²) in [4.78, 5) is 0. The maximum atomic E-state index is 6.03. The van der Waals surface area contributed by atoms with Crippen LogP contribution >= 0.6 is 11.6 Å². The minimum atomic E-state index is 0.370. The fraction of sp³-hybridized carbons (Fsp3) is 1.00. The average Bonchev–Trinajstić information content (AvgIpc) is 1.87. The molecule has 0 aliphatic carbocycles. The van der Waals surface area contributed by atoms with Gasteiger partial charge in [0.15, 0.2) is 0 Å². The summed E-state index contributed by atoms with van der Waals surface area (Å²) < 4.78 is 0. The minimum Gasteiger partial charge on any atom is -0.123 e. The molecule has 1 heteroatoms. The standard InChI is InChI=1S/C9H19Cl/c1-5-8(10)7-9(3,4)6-2/h8H,5-7H2,1-4H3. The minimum absolute atomic E-state index is 0.370. The molecule has 1 atom stereocenters. The summed E-state index contributed by atoms with van der Waals surface area (Å²) in [6, 6.07) is 0. The lowest BCUT2D eigenvalue weighted by Gasteiger charge is -2.24. The van der Waals surface area contributed by atoms with Gasteiger partial charge < -0.3 is 0 Å². The van der Waals surface area contributed by atoms with Crippen molar-refractivity contribution in [2.24, 2.45) is 5.41 Å². The normalized spacial score (nSPS) is 15.3. The van der Waals surface area contributed by atoms with E-state index < -0.39 is 0 Å². The van der Waals surface area contributed by atoms with Gasteiger partial charge in [-0.25, -0.2) is 0 Å². The molecule has 0 bridgehead atoms. The Bertz CT molecular complexity index is 86.7. The van der Waals surface area contributed by atoms with Crippen molar-refractivity contribution < 1.29 is 0 Å². The number of hydrogen-bond donors (Lipinski definition) is 0. The predicted octanol–water partition coefficient (Wildman–Crippen LogP) is 3.83. The maximum absolute atomic E-state index is 6.03. The number of hydrogen-bond acceptors (Lipinski definition) is 0. The van der Waals surface area contributed by atoms with Gasteiger partial charge >= 0.3 is 0 Å². The lowest BCUT2D eigenvalue weighted by Crippen LogP contribution is -2.15. The van der Waals surface area contributed by atoms with Gasteiger partial charge in [-0.2, -0.15) is 0 Å². The van der Waals surface area contributed by atoms with E-state index >= 15 is 0 Å². The summed E-state index contributed by atoms with van der Waals surface area (Å²) in [7, 11) is 0. The second-order valence-electron chi connectivity index (χ2n) is 3.73. The van der Waals surface area contributed by atoms with Crippen molar-refractivity contribution in [2.75, 3.05) is 0 Å². The van der Waals surface area contributed by atoms with Gasteiger partial charge in [0.25, 0.3) is 0 Å². The summed E-state index contributed by atoms with van der Waals surface area (Å²) in [6.07, 6.45) is 3.45. The molecule has 10 heavy (non-hydrogen) atoms. The number of alkyl halides is 1. The van der Waals surface area contributed by atoms with Crippen molar-refractivity contribution in [1.29, 1.82) is 0 Å². The molecule has 0 aromatic heterocycles. The van der Waals surface area contributed by atoms with Crippen LogP contribution in [0.5, 0.6) is 0 Å². The third kappa shape index (κ3) is 4.16. The molecule has 0 spiro atoms. The van der Waals surface area contributed by atoms with E-state index in [1.54, 1.807) is 0 Å². The highest BCUT2D eigenvalue weighted by Gasteiger charge is 2.18. The first-order chi connectivity index (χ1) is 4.52. The van der Waals surface area contributed by atoms with Crippen LogP contribution in [0, 0.1) is 5.41 Å². The zero-order valence-corrected chi connectivity index (χ0v) is 8.33. The van der Waals surface area contributed by atoms with Crippen molar-refractivity contribution in [1.82, 2.24) is 0 Å². The molecule has 0 rings (SSSR count). The second-order valence-corrected chi connectivity index (χ2v) is 4.34. The summed E-state index contributed by atoms with van der Waals surface area (Å²) in [6.45, 7) is 8.92. The molecule has 62 valence electrons. The molecule has 0 saturated heterocycles. The Balaban J connectivity index is 3.64. The van der Waals surface area contributed by atoms with Crippen LogP contribution in [0.3, 0.4) is 0 Å². The lowest BCUT2D eigenvalue weighted by molar-refractivity contribution is 0.314. The predicted molar refractivity (Wildman–Crippen MR) is 48.6 cm³/mol. The SMILES string of the molecule is CCC(Cl)CC(C)(C)CC. The Labute approximate surface area is 70.0 Å². The van der Waals surface area contributed by atoms with Gasteiger partial charge in [0.1, 0.15) is 0 Å². The molecule has 0 aromatic rings. The number of rotatable bonds is 4. The van der Waals surface area contributed by atoms with E-state index in [4.69, 9.17) is 11.6 Å². The van der Waals surface area contributed by atoms with Crippen LogP contribution in [0.25, 0.3) is 0 Å². The average molecular weight is 163 g/mol. The van der Waals surface area contributed by atoms with E-state index in [-0.39, 0.29) is 0 Å². The van der Waals surface area contributed by atoms with Crippen molar-refractivity contribution >= 4 is 11.6 Å². The molecule has 0 heterocycles. The lowest BCUT2D eigenvalue weighted by atomic mass is 9.84. The molecule has 0 aromatic carbocycles. The molecule has 0 fully saturated rings. The first-order valence-corrected chi connectivity index (χ1v) is 4.59. The monoisotopic (exact) mass is 162 g/mol. The largest absolute Gasteiger partial charge is 0.123 e. The quantitative estimate of drug-likeness (QED) is 0.552. The zero-order chi connectivity index (χ0) is 8.20. The van der Waals surface area contributed by atoms with Gasteiger partial charge in [0.2, 0.25) is 0 Å². The number of halogens is 1. The Morgan fingerprint density at radius 3 is 2.10 bits per heavy atom. The van der Waals surface area contributed by atoms with Crippen LogP contribution in [0.2, 0.25) is 0 Å². The van der Waals surface area contributed by atoms with E-state index in [0.717, 1.165) is 12.8 Å². The van der Waals surface area contributed by atoms with Gasteiger partial charge in [-0.15, -0.1) is 11.6 Å². The van der Waals surface area contributed by atoms with Crippen LogP contribution in [0.1, 0.15) is 47.0 Å². The van der Waals surface area contributed by atoms with Crippen molar-refractivity contribution in [3.63, 3.8) is 0 Å². The first kappa shape index (κ1) is 10.3. The second kappa shape index (κ2) is 4.23. The molecule has 0 nitrogen and oxygen atoms in total. The van der Waals surface area contributed by atoms with E-state index in [9.17, 15) is 0 Å². The van der Waals surface area contributed by atoms with Gasteiger partial charge in [-0.3, -0.25) is 0 Å². The summed E-state index contributed by atoms with van der Waals surface area (Å²) in [5.41, 5.74) is 0.433. The van der Waals surface area contributed by atoms with Gasteiger partial charge in [0.05, 0.1) is 0 Å². The van der Waals surface area contributed by atoms with Crippen molar-refractivity contribution in [2.45, 2.75) is 52.3 Å². The summed E-state index contributed by atoms with van der Waals surface area (Å²) in [5.74, 6) is 0. The highest BCUT2D eigenvalue weighted by Crippen LogP contribution is 2.29. The van der Waals surface area contributed by atoms with E-state index in [2.05, 4.69) is 27.7 Å². The van der Waals surface area contributed by atoms with E-state index in [1.807, 2.05) is 0 Å². The van der Waals surface area contributed by atoms with Gasteiger partial charge in [0, 0.05) is 5.38 Å². The Kier molecular flexibility index (Phi) is 4.35. The van der Waals surface area contributed by atoms with Crippen LogP contribution < -0.4 is 0 Å². The highest BCUT2D eigenvalue weighted by molar-refractivity contribution is 6.20. The molecule has 1 unspecified atom stereocenters. The van der Waals surface area contributed by atoms with Crippen LogP contribution in [0.15, 0.2) is 0 Å². The molecule has 0 radical (unpaired) electrons. The fourth-order valence-electron chi connectivity index (χ4n) is 0.888. The van der Waals surface area contributed by atoms with Crippen LogP contribution in [0.4, 0.5) is 0 Å². The van der Waals surface area contributed by atoms with E-state index in [1.165, 1.54) is 6.42 Å². The summed E-state index contributed by atoms with van der Waals surface area (Å²) in [5, 5.41) is 0.370. The molecular weight excluding hydrogens is 144 g/mol. The Morgan fingerprint density at radius 1 is 1.30 bits per heavy atom. The molecular formula is C9H19Cl. The maximum Gasteiger partial charge on any atom is 0.0338 e. The highest BCUT2D eigenvalue weighted by atomic mass is 35.5. The van der Waals surface area contributed by atoms with Crippen LogP contribution in [-0.2, 0) is 0 Å². The summed E-state index contributed by atoms with van der Waals surface area (Å²) >= 11 is 6.03. The fourth-order valence-corrected chi connectivity index (χ4v) is 1.31. The topological polar surface area (TPSA) is 0 Å². The Hall–Kier alpha value is 0.290. The smallest absolute Gasteiger partial charge is 0.0338 e. The zero-order valence-electron chi connectivity index (χ0n) is 7.58. The third-order valence-electron chi connectivity index (χ3n) is 2.17. The van der Waals surface area contributed by atoms with Crippen LogP contribution in [-0.4, -0.2) is 5.38 Å². The molecule has 0 amide bonds. The third-order valence-corrected chi connectivity index (χ3v) is 2.64. The van der Waals surface area contributed by atoms with Crippen molar-refractivity contribution in [3.8, 4) is 0 Å². The Morgan fingerprint density at radius 2 is 1.80 bits per heavy atom. The van der Waals surface area contributed by atoms with Gasteiger partial charge in [-0.05, 0) is 18.3 Å². The van der Waals surface area contributed by atoms with E-state index in [0.29, 0.717) is 10.8 Å². The van der Waals surface area contributed by atoms with Gasteiger partial charge in [-0.1, -0.05) is 34.1 Å². The van der Waals surface area contributed by atoms with Crippen molar-refractivity contribution in [3.05, 3.63) is 0 Å². The molecule has 0 aliphatic heterocycles. The first-order valence-electron chi connectivity index (χ1n) is 4.16. The molecule has 0 N–H and O–H groups in total. The molecule has 0 aliphatic rings.